The zero-order valence-electron chi connectivity index (χ0n) is 15.6. The lowest BCUT2D eigenvalue weighted by Crippen LogP contribution is -2.13. The smallest absolute Gasteiger partial charge is 0.338 e. The van der Waals surface area contributed by atoms with E-state index in [1.165, 1.54) is 6.08 Å². The minimum atomic E-state index is -0.556. The summed E-state index contributed by atoms with van der Waals surface area (Å²) in [6, 6.07) is 13.4. The lowest BCUT2D eigenvalue weighted by molar-refractivity contribution is -0.112. The first kappa shape index (κ1) is 22.0. The Hall–Kier alpha value is -3.30. The molecule has 146 valence electrons. The first-order valence-electron chi connectivity index (χ1n) is 8.54. The Morgan fingerprint density at radius 2 is 1.97 bits per heavy atom. The van der Waals surface area contributed by atoms with Gasteiger partial charge >= 0.3 is 5.97 Å². The Labute approximate surface area is 182 Å². The molecule has 0 spiro atoms. The summed E-state index contributed by atoms with van der Waals surface area (Å²) in [6.45, 7) is 2.16. The van der Waals surface area contributed by atoms with Gasteiger partial charge in [-0.1, -0.05) is 12.0 Å². The van der Waals surface area contributed by atoms with Crippen LogP contribution in [0, 0.1) is 27.2 Å². The highest BCUT2D eigenvalue weighted by Crippen LogP contribution is 2.23. The molecule has 2 rings (SSSR count). The van der Waals surface area contributed by atoms with Gasteiger partial charge in [0.2, 0.25) is 0 Å². The number of hydrogen-bond donors (Lipinski definition) is 1. The third-order valence-corrected chi connectivity index (χ3v) is 4.44. The van der Waals surface area contributed by atoms with E-state index in [4.69, 9.17) is 15.9 Å². The van der Waals surface area contributed by atoms with Crippen LogP contribution in [-0.4, -0.2) is 25.1 Å². The quantitative estimate of drug-likeness (QED) is 0.204. The number of carbonyl (C=O) groups is 2. The number of terminal acetylenes is 1. The molecule has 0 saturated heterocycles. The third-order valence-electron chi connectivity index (χ3n) is 3.60. The van der Waals surface area contributed by atoms with Gasteiger partial charge in [-0.05, 0) is 77.6 Å². The van der Waals surface area contributed by atoms with Crippen LogP contribution in [0.5, 0.6) is 5.75 Å². The lowest BCUT2D eigenvalue weighted by Gasteiger charge is -2.07. The molecule has 7 heteroatoms. The Kier molecular flexibility index (Phi) is 8.26. The molecule has 0 unspecified atom stereocenters. The summed E-state index contributed by atoms with van der Waals surface area (Å²) in [5, 5.41) is 12.0. The predicted octanol–water partition coefficient (Wildman–Crippen LogP) is 4.03. The van der Waals surface area contributed by atoms with Crippen molar-refractivity contribution in [3.05, 3.63) is 62.7 Å². The van der Waals surface area contributed by atoms with Crippen LogP contribution in [-0.2, 0) is 9.53 Å². The lowest BCUT2D eigenvalue weighted by atomic mass is 10.1. The van der Waals surface area contributed by atoms with Gasteiger partial charge in [0.1, 0.15) is 24.0 Å². The fourth-order valence-corrected chi connectivity index (χ4v) is 2.96. The first-order valence-corrected chi connectivity index (χ1v) is 9.62. The van der Waals surface area contributed by atoms with Gasteiger partial charge in [-0.3, -0.25) is 4.79 Å². The molecule has 0 bridgehead atoms. The average Bonchev–Trinajstić information content (AvgIpc) is 2.72. The highest BCUT2D eigenvalue weighted by Gasteiger charge is 2.12. The summed E-state index contributed by atoms with van der Waals surface area (Å²) in [5.41, 5.74) is 1.44. The van der Waals surface area contributed by atoms with Crippen molar-refractivity contribution < 1.29 is 19.1 Å². The molecule has 0 radical (unpaired) electrons. The van der Waals surface area contributed by atoms with Crippen LogP contribution in [0.2, 0.25) is 0 Å². The van der Waals surface area contributed by atoms with Crippen LogP contribution >= 0.6 is 22.6 Å². The fraction of sp³-hybridized carbons (Fsp3) is 0.136. The molecule has 1 N–H and O–H groups in total. The Bertz CT molecular complexity index is 1010. The summed E-state index contributed by atoms with van der Waals surface area (Å²) in [6.07, 6.45) is 6.66. The molecule has 0 fully saturated rings. The van der Waals surface area contributed by atoms with Crippen LogP contribution in [0.15, 0.2) is 48.0 Å². The minimum Gasteiger partial charge on any atom is -0.480 e. The predicted molar refractivity (Wildman–Crippen MR) is 118 cm³/mol. The second kappa shape index (κ2) is 10.9. The van der Waals surface area contributed by atoms with Crippen molar-refractivity contribution in [2.24, 2.45) is 0 Å². The van der Waals surface area contributed by atoms with E-state index in [1.807, 2.05) is 6.07 Å². The maximum absolute atomic E-state index is 12.4. The van der Waals surface area contributed by atoms with E-state index in [0.29, 0.717) is 22.6 Å². The van der Waals surface area contributed by atoms with Gasteiger partial charge in [0, 0.05) is 5.69 Å². The molecule has 2 aromatic carbocycles. The number of ether oxygens (including phenoxy) is 2. The molecule has 29 heavy (non-hydrogen) atoms. The average molecular weight is 500 g/mol. The van der Waals surface area contributed by atoms with E-state index < -0.39 is 11.9 Å². The van der Waals surface area contributed by atoms with E-state index in [2.05, 4.69) is 33.8 Å². The Morgan fingerprint density at radius 1 is 1.24 bits per heavy atom. The van der Waals surface area contributed by atoms with Gasteiger partial charge in [0.25, 0.3) is 5.91 Å². The molecule has 0 aliphatic rings. The van der Waals surface area contributed by atoms with Crippen molar-refractivity contribution in [3.8, 4) is 24.2 Å². The van der Waals surface area contributed by atoms with E-state index in [-0.39, 0.29) is 18.8 Å². The van der Waals surface area contributed by atoms with E-state index in [0.717, 1.165) is 3.57 Å². The number of nitriles is 1. The van der Waals surface area contributed by atoms with E-state index in [1.54, 1.807) is 49.4 Å². The number of esters is 1. The topological polar surface area (TPSA) is 88.4 Å². The standard InChI is InChI=1S/C22H17IN2O4/c1-3-11-29-20-10-5-15(13-19(20)23)12-17(14-24)21(26)25-18-8-6-16(7-9-18)22(27)28-4-2/h1,5-10,12-13H,4,11H2,2H3,(H,25,26)/b17-12+. The maximum atomic E-state index is 12.4. The van der Waals surface area contributed by atoms with Crippen LogP contribution in [0.25, 0.3) is 6.08 Å². The van der Waals surface area contributed by atoms with Crippen LogP contribution in [0.3, 0.4) is 0 Å². The van der Waals surface area contributed by atoms with Crippen molar-refractivity contribution in [1.29, 1.82) is 5.26 Å². The SMILES string of the molecule is C#CCOc1ccc(/C=C(\C#N)C(=O)Nc2ccc(C(=O)OCC)cc2)cc1I. The number of halogens is 1. The van der Waals surface area contributed by atoms with Crippen molar-refractivity contribution in [2.75, 3.05) is 18.5 Å². The molecule has 6 nitrogen and oxygen atoms in total. The highest BCUT2D eigenvalue weighted by molar-refractivity contribution is 14.1. The normalized spacial score (nSPS) is 10.4. The van der Waals surface area contributed by atoms with E-state index in [9.17, 15) is 14.9 Å². The van der Waals surface area contributed by atoms with Gasteiger partial charge in [0.05, 0.1) is 15.7 Å². The van der Waals surface area contributed by atoms with Crippen LogP contribution in [0.1, 0.15) is 22.8 Å². The molecular formula is C22H17IN2O4. The number of hydrogen-bond acceptors (Lipinski definition) is 5. The largest absolute Gasteiger partial charge is 0.480 e. The van der Waals surface area contributed by atoms with Crippen LogP contribution in [0.4, 0.5) is 5.69 Å². The molecule has 0 saturated carbocycles. The van der Waals surface area contributed by atoms with Gasteiger partial charge in [-0.15, -0.1) is 6.42 Å². The van der Waals surface area contributed by atoms with Crippen molar-refractivity contribution in [3.63, 3.8) is 0 Å². The van der Waals surface area contributed by atoms with Gasteiger partial charge in [-0.2, -0.15) is 5.26 Å². The molecule has 0 aliphatic heterocycles. The second-order valence-electron chi connectivity index (χ2n) is 5.60. The van der Waals surface area contributed by atoms with Gasteiger partial charge in [-0.25, -0.2) is 4.79 Å². The number of amides is 1. The van der Waals surface area contributed by atoms with E-state index >= 15 is 0 Å². The first-order chi connectivity index (χ1) is 14.0. The van der Waals surface area contributed by atoms with Crippen LogP contribution < -0.4 is 10.1 Å². The molecule has 0 aromatic heterocycles. The molecular weight excluding hydrogens is 483 g/mol. The molecule has 0 atom stereocenters. The summed E-state index contributed by atoms with van der Waals surface area (Å²) in [4.78, 5) is 24.1. The minimum absolute atomic E-state index is 0.0624. The van der Waals surface area contributed by atoms with Crippen molar-refractivity contribution in [1.82, 2.24) is 0 Å². The zero-order chi connectivity index (χ0) is 21.2. The number of nitrogens with one attached hydrogen (secondary N) is 1. The maximum Gasteiger partial charge on any atom is 0.338 e. The van der Waals surface area contributed by atoms with Gasteiger partial charge < -0.3 is 14.8 Å². The van der Waals surface area contributed by atoms with Crippen molar-refractivity contribution >= 4 is 46.2 Å². The molecule has 2 aromatic rings. The number of rotatable bonds is 7. The summed E-state index contributed by atoms with van der Waals surface area (Å²) in [7, 11) is 0. The number of nitrogens with zero attached hydrogens (tertiary/aromatic N) is 1. The summed E-state index contributed by atoms with van der Waals surface area (Å²) >= 11 is 2.09. The van der Waals surface area contributed by atoms with Gasteiger partial charge in [0.15, 0.2) is 0 Å². The van der Waals surface area contributed by atoms with Crippen molar-refractivity contribution in [2.45, 2.75) is 6.92 Å². The number of anilines is 1. The molecule has 0 heterocycles. The monoisotopic (exact) mass is 500 g/mol. The highest BCUT2D eigenvalue weighted by atomic mass is 127. The Morgan fingerprint density at radius 3 is 2.55 bits per heavy atom. The third kappa shape index (κ3) is 6.37. The molecule has 1 amide bonds. The molecule has 0 aliphatic carbocycles. The number of benzene rings is 2. The Balaban J connectivity index is 2.12. The summed E-state index contributed by atoms with van der Waals surface area (Å²) < 4.78 is 11.1. The summed E-state index contributed by atoms with van der Waals surface area (Å²) in [5.74, 6) is 2.03. The second-order valence-corrected chi connectivity index (χ2v) is 6.77. The number of carbonyl (C=O) groups excluding carboxylic acids is 2. The fourth-order valence-electron chi connectivity index (χ4n) is 2.26. The zero-order valence-corrected chi connectivity index (χ0v) is 17.7.